The number of ether oxygens (including phenoxy) is 1. The number of anilines is 1. The van der Waals surface area contributed by atoms with Crippen molar-refractivity contribution in [1.29, 1.82) is 0 Å². The standard InChI is InChI=1S/C20H23N3O2/c1-22-11-8-20(9-12-22)17-7-10-21-13-18(17)23(19(20)24)14-15-3-5-16(25-2)6-4-15/h3-7,10,13H,8-9,11-12,14H2,1-2H3. The molecule has 0 atom stereocenters. The molecule has 0 bridgehead atoms. The van der Waals surface area contributed by atoms with E-state index in [0.29, 0.717) is 6.54 Å². The van der Waals surface area contributed by atoms with Gasteiger partial charge in [0.25, 0.3) is 0 Å². The Balaban J connectivity index is 1.68. The van der Waals surface area contributed by atoms with Gasteiger partial charge in [-0.1, -0.05) is 12.1 Å². The number of likely N-dealkylation sites (tertiary alicyclic amines) is 1. The lowest BCUT2D eigenvalue weighted by atomic mass is 9.74. The smallest absolute Gasteiger partial charge is 0.238 e. The quantitative estimate of drug-likeness (QED) is 0.864. The maximum atomic E-state index is 13.4. The minimum atomic E-state index is -0.378. The SMILES string of the molecule is COc1ccc(CN2C(=O)C3(CCN(C)CC3)c3ccncc32)cc1. The molecular weight excluding hydrogens is 314 g/mol. The Bertz CT molecular complexity index is 780. The zero-order chi connectivity index (χ0) is 17.4. The summed E-state index contributed by atoms with van der Waals surface area (Å²) in [5, 5.41) is 0. The van der Waals surface area contributed by atoms with E-state index in [0.717, 1.165) is 48.5 Å². The number of carbonyl (C=O) groups excluding carboxylic acids is 1. The lowest BCUT2D eigenvalue weighted by Crippen LogP contribution is -2.47. The number of methoxy groups -OCH3 is 1. The molecule has 5 heteroatoms. The number of piperidine rings is 1. The van der Waals surface area contributed by atoms with Crippen LogP contribution in [0.2, 0.25) is 0 Å². The molecule has 1 fully saturated rings. The number of amides is 1. The first-order chi connectivity index (χ1) is 12.1. The Kier molecular flexibility index (Phi) is 3.96. The highest BCUT2D eigenvalue weighted by atomic mass is 16.5. The molecule has 4 rings (SSSR count). The van der Waals surface area contributed by atoms with Gasteiger partial charge in [-0.3, -0.25) is 9.78 Å². The summed E-state index contributed by atoms with van der Waals surface area (Å²) in [7, 11) is 3.78. The molecule has 2 aromatic rings. The number of hydrogen-bond acceptors (Lipinski definition) is 4. The van der Waals surface area contributed by atoms with Gasteiger partial charge >= 0.3 is 0 Å². The van der Waals surface area contributed by atoms with Crippen molar-refractivity contribution in [3.05, 3.63) is 53.9 Å². The van der Waals surface area contributed by atoms with Crippen LogP contribution in [0.25, 0.3) is 0 Å². The average Bonchev–Trinajstić information content (AvgIpc) is 2.88. The van der Waals surface area contributed by atoms with Crippen LogP contribution in [0.3, 0.4) is 0 Å². The predicted octanol–water partition coefficient (Wildman–Crippen LogP) is 2.60. The topological polar surface area (TPSA) is 45.7 Å². The van der Waals surface area contributed by atoms with Crippen LogP contribution < -0.4 is 9.64 Å². The van der Waals surface area contributed by atoms with E-state index in [-0.39, 0.29) is 11.3 Å². The number of benzene rings is 1. The monoisotopic (exact) mass is 337 g/mol. The van der Waals surface area contributed by atoms with Gasteiger partial charge in [-0.15, -0.1) is 0 Å². The third-order valence-corrected chi connectivity index (χ3v) is 5.60. The molecule has 1 amide bonds. The van der Waals surface area contributed by atoms with Gasteiger partial charge in [0.05, 0.1) is 31.0 Å². The molecule has 1 saturated heterocycles. The molecule has 0 radical (unpaired) electrons. The zero-order valence-electron chi connectivity index (χ0n) is 14.7. The largest absolute Gasteiger partial charge is 0.497 e. The second-order valence-corrected chi connectivity index (χ2v) is 7.02. The second-order valence-electron chi connectivity index (χ2n) is 7.02. The van der Waals surface area contributed by atoms with Gasteiger partial charge < -0.3 is 14.5 Å². The van der Waals surface area contributed by atoms with Crippen LogP contribution in [0.1, 0.15) is 24.0 Å². The van der Waals surface area contributed by atoms with Crippen molar-refractivity contribution in [1.82, 2.24) is 9.88 Å². The summed E-state index contributed by atoms with van der Waals surface area (Å²) in [5.41, 5.74) is 2.83. The molecule has 3 heterocycles. The van der Waals surface area contributed by atoms with Gasteiger partial charge in [0, 0.05) is 6.20 Å². The number of nitrogens with zero attached hydrogens (tertiary/aromatic N) is 3. The maximum Gasteiger partial charge on any atom is 0.238 e. The Hall–Kier alpha value is -2.40. The molecule has 5 nitrogen and oxygen atoms in total. The Morgan fingerprint density at radius 3 is 2.56 bits per heavy atom. The number of carbonyl (C=O) groups is 1. The number of rotatable bonds is 3. The summed E-state index contributed by atoms with van der Waals surface area (Å²) in [6, 6.07) is 9.94. The molecule has 1 aromatic heterocycles. The first-order valence-corrected chi connectivity index (χ1v) is 8.72. The molecule has 0 N–H and O–H groups in total. The van der Waals surface area contributed by atoms with Crippen molar-refractivity contribution < 1.29 is 9.53 Å². The van der Waals surface area contributed by atoms with Crippen LogP contribution in [0, 0.1) is 0 Å². The van der Waals surface area contributed by atoms with E-state index in [9.17, 15) is 4.79 Å². The van der Waals surface area contributed by atoms with Crippen molar-refractivity contribution >= 4 is 11.6 Å². The molecule has 0 aliphatic carbocycles. The fourth-order valence-electron chi connectivity index (χ4n) is 4.04. The van der Waals surface area contributed by atoms with E-state index in [2.05, 4.69) is 16.9 Å². The van der Waals surface area contributed by atoms with E-state index < -0.39 is 0 Å². The predicted molar refractivity (Wildman–Crippen MR) is 96.8 cm³/mol. The first-order valence-electron chi connectivity index (χ1n) is 8.72. The Morgan fingerprint density at radius 2 is 1.88 bits per heavy atom. The molecule has 0 saturated carbocycles. The average molecular weight is 337 g/mol. The fourth-order valence-corrected chi connectivity index (χ4v) is 4.04. The van der Waals surface area contributed by atoms with Crippen molar-refractivity contribution in [3.63, 3.8) is 0 Å². The van der Waals surface area contributed by atoms with Gasteiger partial charge in [0.1, 0.15) is 5.75 Å². The molecule has 130 valence electrons. The molecule has 1 spiro atoms. The summed E-state index contributed by atoms with van der Waals surface area (Å²) in [5.74, 6) is 1.05. The van der Waals surface area contributed by atoms with E-state index in [4.69, 9.17) is 4.74 Å². The van der Waals surface area contributed by atoms with Gasteiger partial charge in [-0.05, 0) is 62.3 Å². The van der Waals surface area contributed by atoms with Crippen LogP contribution in [0.4, 0.5) is 5.69 Å². The number of hydrogen-bond donors (Lipinski definition) is 0. The van der Waals surface area contributed by atoms with Crippen molar-refractivity contribution in [2.24, 2.45) is 0 Å². The molecule has 0 unspecified atom stereocenters. The van der Waals surface area contributed by atoms with Crippen LogP contribution in [-0.2, 0) is 16.8 Å². The van der Waals surface area contributed by atoms with Crippen LogP contribution in [-0.4, -0.2) is 43.0 Å². The summed E-state index contributed by atoms with van der Waals surface area (Å²) in [6.07, 6.45) is 5.39. The molecule has 2 aliphatic rings. The number of pyridine rings is 1. The summed E-state index contributed by atoms with van der Waals surface area (Å²) < 4.78 is 5.22. The van der Waals surface area contributed by atoms with Gasteiger partial charge in [-0.2, -0.15) is 0 Å². The van der Waals surface area contributed by atoms with Crippen molar-refractivity contribution in [2.45, 2.75) is 24.8 Å². The van der Waals surface area contributed by atoms with E-state index >= 15 is 0 Å². The third-order valence-electron chi connectivity index (χ3n) is 5.60. The maximum absolute atomic E-state index is 13.4. The van der Waals surface area contributed by atoms with E-state index in [1.54, 1.807) is 7.11 Å². The van der Waals surface area contributed by atoms with Crippen LogP contribution in [0.15, 0.2) is 42.7 Å². The lowest BCUT2D eigenvalue weighted by Gasteiger charge is -2.36. The van der Waals surface area contributed by atoms with Crippen molar-refractivity contribution in [2.75, 3.05) is 32.1 Å². The number of aromatic nitrogens is 1. The minimum absolute atomic E-state index is 0.222. The van der Waals surface area contributed by atoms with E-state index in [1.807, 2.05) is 47.6 Å². The highest BCUT2D eigenvalue weighted by Crippen LogP contribution is 2.47. The normalized spacial score (nSPS) is 19.3. The molecule has 1 aromatic carbocycles. The molecule has 2 aliphatic heterocycles. The summed E-state index contributed by atoms with van der Waals surface area (Å²) in [4.78, 5) is 21.9. The van der Waals surface area contributed by atoms with Gasteiger partial charge in [-0.25, -0.2) is 0 Å². The molecule has 25 heavy (non-hydrogen) atoms. The van der Waals surface area contributed by atoms with E-state index in [1.165, 1.54) is 0 Å². The highest BCUT2D eigenvalue weighted by Gasteiger charge is 2.51. The molecular formula is C20H23N3O2. The van der Waals surface area contributed by atoms with Crippen LogP contribution in [0.5, 0.6) is 5.75 Å². The number of fused-ring (bicyclic) bond motifs is 2. The van der Waals surface area contributed by atoms with Crippen molar-refractivity contribution in [3.8, 4) is 5.75 Å². The third kappa shape index (κ3) is 2.59. The summed E-state index contributed by atoms with van der Waals surface area (Å²) >= 11 is 0. The second kappa shape index (κ2) is 6.15. The van der Waals surface area contributed by atoms with Gasteiger partial charge in [0.15, 0.2) is 0 Å². The first kappa shape index (κ1) is 16.1. The highest BCUT2D eigenvalue weighted by molar-refractivity contribution is 6.08. The lowest BCUT2D eigenvalue weighted by molar-refractivity contribution is -0.124. The van der Waals surface area contributed by atoms with Crippen LogP contribution >= 0.6 is 0 Å². The van der Waals surface area contributed by atoms with Gasteiger partial charge in [0.2, 0.25) is 5.91 Å². The minimum Gasteiger partial charge on any atom is -0.497 e. The Labute approximate surface area is 148 Å². The summed E-state index contributed by atoms with van der Waals surface area (Å²) in [6.45, 7) is 2.47. The fraction of sp³-hybridized carbons (Fsp3) is 0.400. The Morgan fingerprint density at radius 1 is 1.16 bits per heavy atom. The zero-order valence-corrected chi connectivity index (χ0v) is 14.7.